The highest BCUT2D eigenvalue weighted by atomic mass is 35.5. The summed E-state index contributed by atoms with van der Waals surface area (Å²) < 4.78 is 5.00. The zero-order valence-corrected chi connectivity index (χ0v) is 14.5. The molecule has 0 aliphatic heterocycles. The first-order valence-corrected chi connectivity index (χ1v) is 7.56. The van der Waals surface area contributed by atoms with Crippen LogP contribution in [0.4, 0.5) is 0 Å². The van der Waals surface area contributed by atoms with Crippen molar-refractivity contribution in [2.45, 2.75) is 19.3 Å². The lowest BCUT2D eigenvalue weighted by Gasteiger charge is -2.28. The number of guanidine groups is 1. The molecule has 0 fully saturated rings. The van der Waals surface area contributed by atoms with Crippen molar-refractivity contribution in [2.24, 2.45) is 4.99 Å². The zero-order valence-electron chi connectivity index (χ0n) is 13.0. The van der Waals surface area contributed by atoms with Gasteiger partial charge >= 0.3 is 0 Å². The predicted molar refractivity (Wildman–Crippen MR) is 90.7 cm³/mol. The Morgan fingerprint density at radius 1 is 1.24 bits per heavy atom. The van der Waals surface area contributed by atoms with Gasteiger partial charge < -0.3 is 15.4 Å². The van der Waals surface area contributed by atoms with Crippen LogP contribution in [0.5, 0.6) is 0 Å². The van der Waals surface area contributed by atoms with Gasteiger partial charge in [0.1, 0.15) is 0 Å². The second-order valence-electron chi connectivity index (χ2n) is 5.33. The normalized spacial score (nSPS) is 12.4. The van der Waals surface area contributed by atoms with Crippen molar-refractivity contribution in [3.05, 3.63) is 33.8 Å². The average Bonchev–Trinajstić information content (AvgIpc) is 2.42. The largest absolute Gasteiger partial charge is 0.383 e. The van der Waals surface area contributed by atoms with Crippen LogP contribution in [0.3, 0.4) is 0 Å². The van der Waals surface area contributed by atoms with Gasteiger partial charge in [-0.1, -0.05) is 43.1 Å². The van der Waals surface area contributed by atoms with E-state index in [0.717, 1.165) is 11.5 Å². The Morgan fingerprint density at radius 2 is 1.86 bits per heavy atom. The minimum Gasteiger partial charge on any atom is -0.383 e. The molecule has 0 saturated carbocycles. The van der Waals surface area contributed by atoms with E-state index in [9.17, 15) is 0 Å². The Kier molecular flexibility index (Phi) is 7.29. The second-order valence-corrected chi connectivity index (χ2v) is 6.14. The molecule has 1 aromatic rings. The molecule has 0 aliphatic rings. The maximum atomic E-state index is 6.29. The summed E-state index contributed by atoms with van der Waals surface area (Å²) >= 11 is 12.6. The van der Waals surface area contributed by atoms with E-state index in [0.29, 0.717) is 29.7 Å². The summed E-state index contributed by atoms with van der Waals surface area (Å²) in [4.78, 5) is 4.17. The van der Waals surface area contributed by atoms with E-state index in [1.54, 1.807) is 14.2 Å². The van der Waals surface area contributed by atoms with Crippen LogP contribution in [0.25, 0.3) is 0 Å². The number of methoxy groups -OCH3 is 1. The van der Waals surface area contributed by atoms with Crippen molar-refractivity contribution in [2.75, 3.05) is 33.9 Å². The van der Waals surface area contributed by atoms with Crippen LogP contribution in [0.2, 0.25) is 10.0 Å². The van der Waals surface area contributed by atoms with Gasteiger partial charge in [0.25, 0.3) is 0 Å². The van der Waals surface area contributed by atoms with Gasteiger partial charge in [-0.3, -0.25) is 4.99 Å². The number of nitrogens with one attached hydrogen (secondary N) is 2. The standard InChI is InChI=1S/C15H23Cl2N3O/c1-15(2,13-11(16)6-5-7-12(13)17)10-20-14(18-3)19-8-9-21-4/h5-7H,8-10H2,1-4H3,(H2,18,19,20). The fraction of sp³-hybridized carbons (Fsp3) is 0.533. The van der Waals surface area contributed by atoms with Gasteiger partial charge in [0.15, 0.2) is 5.96 Å². The molecular formula is C15H23Cl2N3O. The highest BCUT2D eigenvalue weighted by Gasteiger charge is 2.26. The highest BCUT2D eigenvalue weighted by molar-refractivity contribution is 6.36. The number of benzene rings is 1. The molecule has 0 unspecified atom stereocenters. The molecule has 4 nitrogen and oxygen atoms in total. The van der Waals surface area contributed by atoms with Gasteiger partial charge in [0, 0.05) is 42.7 Å². The van der Waals surface area contributed by atoms with Gasteiger partial charge in [0.05, 0.1) is 6.61 Å². The number of aliphatic imine (C=N–C) groups is 1. The molecule has 0 heterocycles. The van der Waals surface area contributed by atoms with E-state index in [2.05, 4.69) is 29.5 Å². The van der Waals surface area contributed by atoms with Crippen LogP contribution >= 0.6 is 23.2 Å². The summed E-state index contributed by atoms with van der Waals surface area (Å²) in [5, 5.41) is 7.81. The molecule has 0 aliphatic carbocycles. The second kappa shape index (κ2) is 8.47. The van der Waals surface area contributed by atoms with Crippen molar-refractivity contribution in [1.29, 1.82) is 0 Å². The molecule has 0 radical (unpaired) electrons. The van der Waals surface area contributed by atoms with Crippen molar-refractivity contribution in [1.82, 2.24) is 10.6 Å². The molecule has 0 bridgehead atoms. The summed E-state index contributed by atoms with van der Waals surface area (Å²) in [5.74, 6) is 0.725. The van der Waals surface area contributed by atoms with Crippen molar-refractivity contribution in [3.63, 3.8) is 0 Å². The van der Waals surface area contributed by atoms with Gasteiger partial charge in [-0.05, 0) is 17.7 Å². The van der Waals surface area contributed by atoms with Crippen molar-refractivity contribution in [3.8, 4) is 0 Å². The van der Waals surface area contributed by atoms with E-state index in [1.807, 2.05) is 18.2 Å². The maximum Gasteiger partial charge on any atom is 0.191 e. The quantitative estimate of drug-likeness (QED) is 0.478. The van der Waals surface area contributed by atoms with Gasteiger partial charge in [0.2, 0.25) is 0 Å². The molecule has 2 N–H and O–H groups in total. The van der Waals surface area contributed by atoms with E-state index < -0.39 is 0 Å². The summed E-state index contributed by atoms with van der Waals surface area (Å²) in [7, 11) is 3.40. The molecule has 1 aromatic carbocycles. The van der Waals surface area contributed by atoms with Gasteiger partial charge in [-0.2, -0.15) is 0 Å². The van der Waals surface area contributed by atoms with Crippen LogP contribution in [0.15, 0.2) is 23.2 Å². The molecule has 0 amide bonds. The monoisotopic (exact) mass is 331 g/mol. The Bertz CT molecular complexity index is 470. The van der Waals surface area contributed by atoms with E-state index in [-0.39, 0.29) is 5.41 Å². The number of hydrogen-bond donors (Lipinski definition) is 2. The number of hydrogen-bond acceptors (Lipinski definition) is 2. The zero-order chi connectivity index (χ0) is 15.9. The summed E-state index contributed by atoms with van der Waals surface area (Å²) in [6.07, 6.45) is 0. The Labute approximate surface area is 136 Å². The number of ether oxygens (including phenoxy) is 1. The lowest BCUT2D eigenvalue weighted by molar-refractivity contribution is 0.203. The Morgan fingerprint density at radius 3 is 2.38 bits per heavy atom. The molecule has 0 aromatic heterocycles. The lowest BCUT2D eigenvalue weighted by atomic mass is 9.84. The minimum atomic E-state index is -0.228. The molecule has 0 saturated heterocycles. The number of halogens is 2. The predicted octanol–water partition coefficient (Wildman–Crippen LogP) is 3.08. The fourth-order valence-corrected chi connectivity index (χ4v) is 2.94. The molecule has 0 atom stereocenters. The van der Waals surface area contributed by atoms with Crippen LogP contribution in [0.1, 0.15) is 19.4 Å². The van der Waals surface area contributed by atoms with Crippen LogP contribution in [-0.2, 0) is 10.2 Å². The average molecular weight is 332 g/mol. The van der Waals surface area contributed by atoms with E-state index in [1.165, 1.54) is 0 Å². The van der Waals surface area contributed by atoms with Crippen molar-refractivity contribution < 1.29 is 4.74 Å². The van der Waals surface area contributed by atoms with Gasteiger partial charge in [-0.25, -0.2) is 0 Å². The number of nitrogens with zero attached hydrogens (tertiary/aromatic N) is 1. The first-order chi connectivity index (χ1) is 9.92. The fourth-order valence-electron chi connectivity index (χ4n) is 2.03. The lowest BCUT2D eigenvalue weighted by Crippen LogP contribution is -2.44. The third-order valence-corrected chi connectivity index (χ3v) is 3.79. The Hall–Kier alpha value is -0.970. The molecule has 1 rings (SSSR count). The third kappa shape index (κ3) is 5.38. The molecule has 0 spiro atoms. The molecular weight excluding hydrogens is 309 g/mol. The molecule has 21 heavy (non-hydrogen) atoms. The molecule has 6 heteroatoms. The number of rotatable bonds is 6. The summed E-state index contributed by atoms with van der Waals surface area (Å²) in [6.45, 7) is 6.16. The smallest absolute Gasteiger partial charge is 0.191 e. The van der Waals surface area contributed by atoms with Gasteiger partial charge in [-0.15, -0.1) is 0 Å². The topological polar surface area (TPSA) is 45.7 Å². The van der Waals surface area contributed by atoms with Crippen LogP contribution in [-0.4, -0.2) is 39.8 Å². The SMILES string of the molecule is CN=C(NCCOC)NCC(C)(C)c1c(Cl)cccc1Cl. The first-order valence-electron chi connectivity index (χ1n) is 6.80. The van der Waals surface area contributed by atoms with E-state index >= 15 is 0 Å². The van der Waals surface area contributed by atoms with Crippen LogP contribution < -0.4 is 10.6 Å². The summed E-state index contributed by atoms with van der Waals surface area (Å²) in [5.41, 5.74) is 0.710. The highest BCUT2D eigenvalue weighted by Crippen LogP contribution is 2.35. The first kappa shape index (κ1) is 18.1. The summed E-state index contributed by atoms with van der Waals surface area (Å²) in [6, 6.07) is 5.56. The minimum absolute atomic E-state index is 0.228. The maximum absolute atomic E-state index is 6.29. The third-order valence-electron chi connectivity index (χ3n) is 3.16. The van der Waals surface area contributed by atoms with Crippen LogP contribution in [0, 0.1) is 0 Å². The van der Waals surface area contributed by atoms with Crippen molar-refractivity contribution >= 4 is 29.2 Å². The van der Waals surface area contributed by atoms with E-state index in [4.69, 9.17) is 27.9 Å². The molecule has 118 valence electrons. The Balaban J connectivity index is 2.72.